The van der Waals surface area contributed by atoms with Gasteiger partial charge in [0, 0.05) is 19.3 Å². The molecule has 11 heteroatoms. The number of carbonyl (C=O) groups is 2. The molecule has 0 saturated carbocycles. The first-order valence-electron chi connectivity index (χ1n) is 15.8. The normalized spacial score (nSPS) is 49.3. The summed E-state index contributed by atoms with van der Waals surface area (Å²) in [6, 6.07) is 0. The van der Waals surface area contributed by atoms with Crippen molar-refractivity contribution in [3.05, 3.63) is 0 Å². The molecule has 2 saturated heterocycles. The topological polar surface area (TPSA) is 167 Å². The van der Waals surface area contributed by atoms with Crippen LogP contribution in [-0.2, 0) is 23.8 Å². The van der Waals surface area contributed by atoms with Gasteiger partial charge in [0.05, 0.1) is 52.7 Å². The molecule has 0 aliphatic carbocycles. The first-order valence-corrected chi connectivity index (χ1v) is 15.8. The average Bonchev–Trinajstić information content (AvgIpc) is 2.88. The molecule has 0 aromatic carbocycles. The predicted octanol–water partition coefficient (Wildman–Crippen LogP) is 2.80. The maximum Gasteiger partial charge on any atom is 0.217 e. The summed E-state index contributed by atoms with van der Waals surface area (Å²) in [5.74, 6) is -2.88. The standard InChI is InChI=1S/C33H62N2O9/c1-17-24(7,29(12)26(9,19-37)42-21(4)28(11,32(29,15)41)34-22(5)38)43-33(16)30(13,35-23(6)39)31(14,40)27(10,20(2)3)25(8,18-36)44-33/h20-21,36-37,40-41H,17-19H2,1-16H3,(H,34,38)(H,35,39)/t21?,24?,25?,26?,27?,28-,29?,30?,31?,32?,33?/m0/s1. The molecule has 0 radical (unpaired) electrons. The van der Waals surface area contributed by atoms with E-state index in [2.05, 4.69) is 10.6 Å². The highest BCUT2D eigenvalue weighted by molar-refractivity contribution is 5.75. The molecule has 2 rings (SSSR count). The van der Waals surface area contributed by atoms with Crippen LogP contribution in [0.5, 0.6) is 0 Å². The smallest absolute Gasteiger partial charge is 0.217 e. The van der Waals surface area contributed by atoms with E-state index in [1.807, 2.05) is 27.7 Å². The quantitative estimate of drug-likeness (QED) is 0.225. The lowest BCUT2D eigenvalue weighted by Gasteiger charge is -2.73. The molecular formula is C33H62N2O9. The van der Waals surface area contributed by atoms with Crippen molar-refractivity contribution in [1.29, 1.82) is 0 Å². The van der Waals surface area contributed by atoms with Crippen molar-refractivity contribution in [3.63, 3.8) is 0 Å². The molecule has 0 aromatic rings. The molecule has 0 aromatic heterocycles. The Balaban J connectivity index is 3.04. The molecular weight excluding hydrogens is 568 g/mol. The molecule has 2 aliphatic rings. The third-order valence-corrected chi connectivity index (χ3v) is 13.5. The highest BCUT2D eigenvalue weighted by Gasteiger charge is 2.80. The largest absolute Gasteiger partial charge is 0.393 e. The van der Waals surface area contributed by atoms with Crippen molar-refractivity contribution in [3.8, 4) is 0 Å². The zero-order valence-corrected chi connectivity index (χ0v) is 30.1. The second-order valence-corrected chi connectivity index (χ2v) is 15.6. The van der Waals surface area contributed by atoms with Gasteiger partial charge in [-0.15, -0.1) is 0 Å². The fraction of sp³-hybridized carbons (Fsp3) is 0.939. The van der Waals surface area contributed by atoms with E-state index in [4.69, 9.17) is 14.2 Å². The predicted molar refractivity (Wildman–Crippen MR) is 168 cm³/mol. The highest BCUT2D eigenvalue weighted by Crippen LogP contribution is 2.66. The molecule has 258 valence electrons. The Labute approximate surface area is 264 Å². The summed E-state index contributed by atoms with van der Waals surface area (Å²) in [5, 5.41) is 53.2. The number of rotatable bonds is 9. The third-order valence-electron chi connectivity index (χ3n) is 13.5. The minimum Gasteiger partial charge on any atom is -0.393 e. The van der Waals surface area contributed by atoms with Gasteiger partial charge in [-0.25, -0.2) is 0 Å². The Morgan fingerprint density at radius 1 is 0.864 bits per heavy atom. The minimum atomic E-state index is -1.85. The molecule has 2 fully saturated rings. The van der Waals surface area contributed by atoms with E-state index in [-0.39, 0.29) is 18.2 Å². The monoisotopic (exact) mass is 630 g/mol. The van der Waals surface area contributed by atoms with E-state index in [9.17, 15) is 30.0 Å². The summed E-state index contributed by atoms with van der Waals surface area (Å²) in [5.41, 5.74) is -13.4. The number of amides is 2. The van der Waals surface area contributed by atoms with Crippen molar-refractivity contribution in [2.75, 3.05) is 13.2 Å². The van der Waals surface area contributed by atoms with Gasteiger partial charge in [0.25, 0.3) is 0 Å². The lowest BCUT2D eigenvalue weighted by molar-refractivity contribution is -0.460. The second-order valence-electron chi connectivity index (χ2n) is 15.6. The maximum atomic E-state index is 12.9. The molecule has 10 unspecified atom stereocenters. The lowest BCUT2D eigenvalue weighted by atomic mass is 9.47. The van der Waals surface area contributed by atoms with Crippen LogP contribution in [-0.4, -0.2) is 96.4 Å². The van der Waals surface area contributed by atoms with Crippen LogP contribution >= 0.6 is 0 Å². The Kier molecular flexibility index (Phi) is 9.83. The van der Waals surface area contributed by atoms with Crippen LogP contribution in [0.2, 0.25) is 0 Å². The number of aliphatic hydroxyl groups is 4. The van der Waals surface area contributed by atoms with Gasteiger partial charge >= 0.3 is 0 Å². The summed E-state index contributed by atoms with van der Waals surface area (Å²) in [6.07, 6.45) is -0.499. The molecule has 0 bridgehead atoms. The van der Waals surface area contributed by atoms with E-state index in [0.717, 1.165) is 0 Å². The van der Waals surface area contributed by atoms with Crippen LogP contribution in [0, 0.1) is 16.7 Å². The van der Waals surface area contributed by atoms with E-state index >= 15 is 0 Å². The zero-order valence-electron chi connectivity index (χ0n) is 30.1. The second kappa shape index (κ2) is 11.1. The van der Waals surface area contributed by atoms with Crippen LogP contribution in [0.25, 0.3) is 0 Å². The minimum absolute atomic E-state index is 0.229. The van der Waals surface area contributed by atoms with Crippen molar-refractivity contribution in [2.45, 2.75) is 168 Å². The van der Waals surface area contributed by atoms with Crippen LogP contribution in [0.4, 0.5) is 0 Å². The number of carbonyl (C=O) groups excluding carboxylic acids is 2. The van der Waals surface area contributed by atoms with Gasteiger partial charge in [0.15, 0.2) is 5.79 Å². The Hall–Kier alpha value is -1.34. The Bertz CT molecular complexity index is 1130. The first kappa shape index (κ1) is 38.8. The van der Waals surface area contributed by atoms with E-state index in [1.165, 1.54) is 13.8 Å². The summed E-state index contributed by atoms with van der Waals surface area (Å²) >= 11 is 0. The summed E-state index contributed by atoms with van der Waals surface area (Å²) in [6.45, 7) is 26.1. The number of hydrogen-bond donors (Lipinski definition) is 6. The van der Waals surface area contributed by atoms with Gasteiger partial charge in [-0.2, -0.15) is 0 Å². The number of aliphatic hydroxyl groups excluding tert-OH is 2. The summed E-state index contributed by atoms with van der Waals surface area (Å²) in [7, 11) is 0. The SMILES string of the molecule is CCC(C)(OC1(C)OC(C)(CO)C(C)(C(C)C)C(C)(O)C1(C)NC(C)=O)C1(C)C(C)(CO)OC(C)[C@](C)(NC(C)=O)C1(C)O. The van der Waals surface area contributed by atoms with Crippen LogP contribution in [0.3, 0.4) is 0 Å². The maximum absolute atomic E-state index is 12.9. The van der Waals surface area contributed by atoms with Gasteiger partial charge < -0.3 is 45.3 Å². The molecule has 2 heterocycles. The molecule has 2 aliphatic heterocycles. The average molecular weight is 631 g/mol. The van der Waals surface area contributed by atoms with Crippen LogP contribution < -0.4 is 10.6 Å². The van der Waals surface area contributed by atoms with E-state index in [0.29, 0.717) is 0 Å². The first-order chi connectivity index (χ1) is 19.5. The Morgan fingerprint density at radius 3 is 1.68 bits per heavy atom. The summed E-state index contributed by atoms with van der Waals surface area (Å²) in [4.78, 5) is 25.4. The molecule has 44 heavy (non-hydrogen) atoms. The fourth-order valence-electron chi connectivity index (χ4n) is 9.07. The zero-order chi connectivity index (χ0) is 35.0. The highest BCUT2D eigenvalue weighted by atomic mass is 16.7. The van der Waals surface area contributed by atoms with Crippen LogP contribution in [0.1, 0.15) is 117 Å². The number of nitrogens with one attached hydrogen (secondary N) is 2. The molecule has 11 nitrogen and oxygen atoms in total. The van der Waals surface area contributed by atoms with Crippen LogP contribution in [0.15, 0.2) is 0 Å². The van der Waals surface area contributed by atoms with Gasteiger partial charge in [-0.3, -0.25) is 9.59 Å². The van der Waals surface area contributed by atoms with Crippen molar-refractivity contribution in [2.24, 2.45) is 16.7 Å². The van der Waals surface area contributed by atoms with E-state index in [1.54, 1.807) is 69.2 Å². The van der Waals surface area contributed by atoms with Gasteiger partial charge in [0.1, 0.15) is 11.1 Å². The molecule has 2 amide bonds. The molecule has 11 atom stereocenters. The molecule has 0 spiro atoms. The van der Waals surface area contributed by atoms with Crippen molar-refractivity contribution >= 4 is 11.8 Å². The van der Waals surface area contributed by atoms with Gasteiger partial charge in [0.2, 0.25) is 11.8 Å². The van der Waals surface area contributed by atoms with E-state index < -0.39 is 80.9 Å². The summed E-state index contributed by atoms with van der Waals surface area (Å²) < 4.78 is 20.6. The number of hydrogen-bond acceptors (Lipinski definition) is 9. The Morgan fingerprint density at radius 2 is 1.32 bits per heavy atom. The van der Waals surface area contributed by atoms with Gasteiger partial charge in [-0.05, 0) is 74.7 Å². The van der Waals surface area contributed by atoms with Crippen molar-refractivity contribution in [1.82, 2.24) is 10.6 Å². The molecule has 6 N–H and O–H groups in total. The number of ether oxygens (including phenoxy) is 3. The fourth-order valence-corrected chi connectivity index (χ4v) is 9.07. The third kappa shape index (κ3) is 4.54. The van der Waals surface area contributed by atoms with Gasteiger partial charge in [-0.1, -0.05) is 34.6 Å². The lowest BCUT2D eigenvalue weighted by Crippen LogP contribution is -2.89. The van der Waals surface area contributed by atoms with Crippen molar-refractivity contribution < 1.29 is 44.2 Å².